The maximum absolute atomic E-state index is 11.0. The summed E-state index contributed by atoms with van der Waals surface area (Å²) >= 11 is 1.32. The number of hydrogen-bond acceptors (Lipinski definition) is 8. The zero-order valence-corrected chi connectivity index (χ0v) is 13.6. The minimum Gasteiger partial charge on any atom is -0.508 e. The molecule has 10 heteroatoms. The van der Waals surface area contributed by atoms with Crippen LogP contribution >= 0.6 is 11.8 Å². The monoisotopic (exact) mass is 366 g/mol. The van der Waals surface area contributed by atoms with Crippen molar-refractivity contribution >= 4 is 23.1 Å². The number of phenolic OH excluding ortho intramolecular Hbond substituents is 1. The van der Waals surface area contributed by atoms with Gasteiger partial charge >= 0.3 is 5.69 Å². The second kappa shape index (κ2) is 8.31. The summed E-state index contributed by atoms with van der Waals surface area (Å²) < 4.78 is 5.23. The number of ether oxygens (including phenoxy) is 1. The zero-order chi connectivity index (χ0) is 18.4. The van der Waals surface area contributed by atoms with Crippen molar-refractivity contribution in [1.82, 2.24) is 0 Å². The van der Waals surface area contributed by atoms with Crippen LogP contribution in [0.2, 0.25) is 0 Å². The van der Waals surface area contributed by atoms with Gasteiger partial charge in [-0.25, -0.2) is 0 Å². The van der Waals surface area contributed by atoms with Crippen molar-refractivity contribution in [1.29, 1.82) is 0 Å². The van der Waals surface area contributed by atoms with Gasteiger partial charge in [-0.3, -0.25) is 20.2 Å². The van der Waals surface area contributed by atoms with Gasteiger partial charge in [-0.15, -0.1) is 11.8 Å². The molecule has 0 saturated heterocycles. The standard InChI is InChI=1S/C15H14N2O7S/c18-11-2-4-13(5-3-11)25-9-12(19)8-24-15-6-1-10(16(20)21)7-14(15)17(22)23/h1-7,12,18-19H,8-9H2. The predicted octanol–water partition coefficient (Wildman–Crippen LogP) is 2.74. The summed E-state index contributed by atoms with van der Waals surface area (Å²) in [4.78, 5) is 21.0. The smallest absolute Gasteiger partial charge is 0.317 e. The van der Waals surface area contributed by atoms with Crippen LogP contribution in [-0.2, 0) is 0 Å². The lowest BCUT2D eigenvalue weighted by atomic mass is 10.2. The Kier molecular flexibility index (Phi) is 6.14. The van der Waals surface area contributed by atoms with Gasteiger partial charge in [0.1, 0.15) is 12.4 Å². The summed E-state index contributed by atoms with van der Waals surface area (Å²) in [6.45, 7) is -0.205. The number of aliphatic hydroxyl groups is 1. The van der Waals surface area contributed by atoms with Crippen LogP contribution < -0.4 is 4.74 Å². The topological polar surface area (TPSA) is 136 Å². The molecule has 2 rings (SSSR count). The highest BCUT2D eigenvalue weighted by atomic mass is 32.2. The van der Waals surface area contributed by atoms with E-state index < -0.39 is 27.3 Å². The molecular weight excluding hydrogens is 352 g/mol. The van der Waals surface area contributed by atoms with Gasteiger partial charge in [-0.05, 0) is 30.3 Å². The minimum atomic E-state index is -0.909. The zero-order valence-electron chi connectivity index (χ0n) is 12.8. The molecule has 0 aliphatic heterocycles. The van der Waals surface area contributed by atoms with Crippen LogP contribution in [-0.4, -0.2) is 38.5 Å². The Bertz CT molecular complexity index is 767. The first-order valence-corrected chi connectivity index (χ1v) is 8.01. The number of rotatable bonds is 8. The first-order valence-electron chi connectivity index (χ1n) is 7.02. The Balaban J connectivity index is 1.94. The first kappa shape index (κ1) is 18.5. The van der Waals surface area contributed by atoms with E-state index in [0.717, 1.165) is 23.1 Å². The number of aromatic hydroxyl groups is 1. The number of thioether (sulfide) groups is 1. The number of aliphatic hydroxyl groups excluding tert-OH is 1. The normalized spacial score (nSPS) is 11.7. The van der Waals surface area contributed by atoms with E-state index in [1.165, 1.54) is 23.9 Å². The molecule has 2 aromatic rings. The second-order valence-electron chi connectivity index (χ2n) is 4.94. The van der Waals surface area contributed by atoms with Gasteiger partial charge in [0.25, 0.3) is 5.69 Å². The third kappa shape index (κ3) is 5.33. The average molecular weight is 366 g/mol. The van der Waals surface area contributed by atoms with E-state index in [0.29, 0.717) is 0 Å². The van der Waals surface area contributed by atoms with Crippen LogP contribution in [0.5, 0.6) is 11.5 Å². The fraction of sp³-hybridized carbons (Fsp3) is 0.200. The van der Waals surface area contributed by atoms with E-state index in [4.69, 9.17) is 4.74 Å². The molecule has 0 fully saturated rings. The van der Waals surface area contributed by atoms with Gasteiger partial charge in [0.15, 0.2) is 5.75 Å². The van der Waals surface area contributed by atoms with Crippen molar-refractivity contribution in [3.05, 3.63) is 62.7 Å². The van der Waals surface area contributed by atoms with E-state index in [1.807, 2.05) is 0 Å². The molecule has 0 radical (unpaired) electrons. The van der Waals surface area contributed by atoms with Crippen LogP contribution in [0.1, 0.15) is 0 Å². The van der Waals surface area contributed by atoms with Gasteiger partial charge in [-0.1, -0.05) is 0 Å². The molecule has 0 aliphatic rings. The largest absolute Gasteiger partial charge is 0.508 e. The third-order valence-electron chi connectivity index (χ3n) is 3.06. The number of hydrogen-bond donors (Lipinski definition) is 2. The quantitative estimate of drug-likeness (QED) is 0.413. The molecule has 0 aliphatic carbocycles. The highest BCUT2D eigenvalue weighted by molar-refractivity contribution is 7.99. The Morgan fingerprint density at radius 2 is 1.76 bits per heavy atom. The van der Waals surface area contributed by atoms with Gasteiger partial charge in [0.2, 0.25) is 0 Å². The summed E-state index contributed by atoms with van der Waals surface area (Å²) in [5.74, 6) is 0.258. The molecule has 132 valence electrons. The van der Waals surface area contributed by atoms with E-state index in [1.54, 1.807) is 12.1 Å². The van der Waals surface area contributed by atoms with Crippen molar-refractivity contribution < 1.29 is 24.8 Å². The Morgan fingerprint density at radius 3 is 2.36 bits per heavy atom. The number of nitro benzene ring substituents is 2. The molecule has 0 bridgehead atoms. The highest BCUT2D eigenvalue weighted by Gasteiger charge is 2.21. The van der Waals surface area contributed by atoms with E-state index in [9.17, 15) is 30.4 Å². The molecular formula is C15H14N2O7S. The summed E-state index contributed by atoms with van der Waals surface area (Å²) in [6, 6.07) is 9.46. The number of benzene rings is 2. The fourth-order valence-corrected chi connectivity index (χ4v) is 2.66. The van der Waals surface area contributed by atoms with Crippen molar-refractivity contribution in [2.45, 2.75) is 11.0 Å². The summed E-state index contributed by atoms with van der Waals surface area (Å²) in [5, 5.41) is 40.8. The maximum Gasteiger partial charge on any atom is 0.317 e. The van der Waals surface area contributed by atoms with Crippen LogP contribution in [0.3, 0.4) is 0 Å². The Labute approximate surface area is 146 Å². The SMILES string of the molecule is O=[N+]([O-])c1ccc(OCC(O)CSc2ccc(O)cc2)c([N+](=O)[O-])c1. The van der Waals surface area contributed by atoms with E-state index in [2.05, 4.69) is 0 Å². The maximum atomic E-state index is 11.0. The molecule has 0 heterocycles. The lowest BCUT2D eigenvalue weighted by molar-refractivity contribution is -0.394. The molecule has 9 nitrogen and oxygen atoms in total. The molecule has 1 unspecified atom stereocenters. The highest BCUT2D eigenvalue weighted by Crippen LogP contribution is 2.31. The predicted molar refractivity (Wildman–Crippen MR) is 90.1 cm³/mol. The fourth-order valence-electron chi connectivity index (χ4n) is 1.85. The van der Waals surface area contributed by atoms with E-state index in [-0.39, 0.29) is 23.9 Å². The van der Waals surface area contributed by atoms with Crippen molar-refractivity contribution in [2.75, 3.05) is 12.4 Å². The van der Waals surface area contributed by atoms with Crippen LogP contribution in [0.4, 0.5) is 11.4 Å². The average Bonchev–Trinajstić information content (AvgIpc) is 2.59. The lowest BCUT2D eigenvalue weighted by Crippen LogP contribution is -2.20. The third-order valence-corrected chi connectivity index (χ3v) is 4.22. The number of phenols is 1. The van der Waals surface area contributed by atoms with Crippen LogP contribution in [0.25, 0.3) is 0 Å². The molecule has 0 amide bonds. The molecule has 0 spiro atoms. The Morgan fingerprint density at radius 1 is 1.08 bits per heavy atom. The summed E-state index contributed by atoms with van der Waals surface area (Å²) in [5.41, 5.74) is -0.949. The first-order chi connectivity index (χ1) is 11.9. The van der Waals surface area contributed by atoms with Crippen molar-refractivity contribution in [3.63, 3.8) is 0 Å². The number of nitrogens with zero attached hydrogens (tertiary/aromatic N) is 2. The molecule has 0 saturated carbocycles. The van der Waals surface area contributed by atoms with Gasteiger partial charge in [-0.2, -0.15) is 0 Å². The summed E-state index contributed by atoms with van der Waals surface area (Å²) in [7, 11) is 0. The van der Waals surface area contributed by atoms with E-state index >= 15 is 0 Å². The number of nitro groups is 2. The van der Waals surface area contributed by atoms with Crippen molar-refractivity contribution in [3.8, 4) is 11.5 Å². The molecule has 2 aromatic carbocycles. The molecule has 2 N–H and O–H groups in total. The van der Waals surface area contributed by atoms with Crippen LogP contribution in [0.15, 0.2) is 47.4 Å². The second-order valence-corrected chi connectivity index (χ2v) is 6.03. The van der Waals surface area contributed by atoms with Gasteiger partial charge < -0.3 is 14.9 Å². The van der Waals surface area contributed by atoms with Gasteiger partial charge in [0.05, 0.1) is 22.0 Å². The summed E-state index contributed by atoms with van der Waals surface area (Å²) in [6.07, 6.45) is -0.909. The lowest BCUT2D eigenvalue weighted by Gasteiger charge is -2.12. The molecule has 25 heavy (non-hydrogen) atoms. The van der Waals surface area contributed by atoms with Crippen molar-refractivity contribution in [2.24, 2.45) is 0 Å². The molecule has 1 atom stereocenters. The molecule has 0 aromatic heterocycles. The number of non-ortho nitro benzene ring substituents is 1. The van der Waals surface area contributed by atoms with Gasteiger partial charge in [0, 0.05) is 16.7 Å². The van der Waals surface area contributed by atoms with Crippen LogP contribution in [0, 0.1) is 20.2 Å². The minimum absolute atomic E-state index is 0.138. The Hall–Kier alpha value is -2.85.